The molecule has 0 aromatic heterocycles. The average Bonchev–Trinajstić information content (AvgIpc) is 2.37. The maximum absolute atomic E-state index is 13.9. The number of hydrogen-bond donors (Lipinski definition) is 2. The van der Waals surface area contributed by atoms with Crippen LogP contribution in [0, 0.1) is 5.82 Å². The molecule has 1 rings (SSSR count). The van der Waals surface area contributed by atoms with E-state index in [0.29, 0.717) is 6.42 Å². The summed E-state index contributed by atoms with van der Waals surface area (Å²) in [6.07, 6.45) is 2.56. The molecule has 19 heavy (non-hydrogen) atoms. The van der Waals surface area contributed by atoms with Crippen molar-refractivity contribution in [2.45, 2.75) is 17.9 Å². The first-order chi connectivity index (χ1) is 8.92. The normalized spacial score (nSPS) is 11.8. The Labute approximate surface area is 121 Å². The molecule has 0 aliphatic carbocycles. The van der Waals surface area contributed by atoms with E-state index < -0.39 is 27.3 Å². The molecule has 2 N–H and O–H groups in total. The number of hydrogen-bond acceptors (Lipinski definition) is 4. The molecule has 0 heterocycles. The molecule has 0 saturated carbocycles. The topological polar surface area (TPSA) is 66.4 Å². The van der Waals surface area contributed by atoms with E-state index in [1.54, 1.807) is 11.8 Å². The standard InChI is InChI=1S/C11H15ClFNO3S2/c1-18-4-2-3-14-19(16,17)10-6-9(12)5-8(7-15)11(10)13/h5-6,14-15H,2-4,7H2,1H3. The van der Waals surface area contributed by atoms with Crippen molar-refractivity contribution in [2.24, 2.45) is 0 Å². The maximum atomic E-state index is 13.9. The van der Waals surface area contributed by atoms with Crippen molar-refractivity contribution in [3.63, 3.8) is 0 Å². The minimum Gasteiger partial charge on any atom is -0.392 e. The predicted octanol–water partition coefficient (Wildman–Crippen LogP) is 2.00. The lowest BCUT2D eigenvalue weighted by molar-refractivity contribution is 0.274. The molecule has 0 atom stereocenters. The van der Waals surface area contributed by atoms with Crippen LogP contribution in [0.25, 0.3) is 0 Å². The summed E-state index contributed by atoms with van der Waals surface area (Å²) in [6.45, 7) is -0.384. The van der Waals surface area contributed by atoms with Crippen molar-refractivity contribution in [3.8, 4) is 0 Å². The van der Waals surface area contributed by atoms with Crippen molar-refractivity contribution >= 4 is 33.4 Å². The van der Waals surface area contributed by atoms with Gasteiger partial charge in [0.25, 0.3) is 0 Å². The Bertz CT molecular complexity index is 537. The van der Waals surface area contributed by atoms with Crippen LogP contribution in [-0.4, -0.2) is 32.1 Å². The Morgan fingerprint density at radius 1 is 1.47 bits per heavy atom. The number of halogens is 2. The monoisotopic (exact) mass is 327 g/mol. The third-order valence-electron chi connectivity index (χ3n) is 2.36. The van der Waals surface area contributed by atoms with Crippen LogP contribution in [-0.2, 0) is 16.6 Å². The van der Waals surface area contributed by atoms with Gasteiger partial charge < -0.3 is 5.11 Å². The molecule has 0 spiro atoms. The molecular weight excluding hydrogens is 313 g/mol. The summed E-state index contributed by atoms with van der Waals surface area (Å²) in [4.78, 5) is -0.534. The van der Waals surface area contributed by atoms with Gasteiger partial charge in [-0.15, -0.1) is 0 Å². The molecule has 0 radical (unpaired) electrons. The Balaban J connectivity index is 2.98. The number of thioether (sulfide) groups is 1. The van der Waals surface area contributed by atoms with Gasteiger partial charge in [-0.05, 0) is 30.6 Å². The van der Waals surface area contributed by atoms with E-state index in [-0.39, 0.29) is 17.1 Å². The summed E-state index contributed by atoms with van der Waals surface area (Å²) < 4.78 is 40.1. The number of benzene rings is 1. The van der Waals surface area contributed by atoms with Crippen LogP contribution in [0.1, 0.15) is 12.0 Å². The van der Waals surface area contributed by atoms with E-state index in [9.17, 15) is 12.8 Å². The second-order valence-electron chi connectivity index (χ2n) is 3.78. The van der Waals surface area contributed by atoms with Crippen LogP contribution in [0.15, 0.2) is 17.0 Å². The van der Waals surface area contributed by atoms with Crippen molar-refractivity contribution in [1.29, 1.82) is 0 Å². The van der Waals surface area contributed by atoms with Crippen LogP contribution in [0.4, 0.5) is 4.39 Å². The molecule has 1 aromatic rings. The van der Waals surface area contributed by atoms with Gasteiger partial charge in [0.15, 0.2) is 0 Å². The van der Waals surface area contributed by atoms with Crippen molar-refractivity contribution in [2.75, 3.05) is 18.6 Å². The largest absolute Gasteiger partial charge is 0.392 e. The second kappa shape index (κ2) is 7.44. The highest BCUT2D eigenvalue weighted by molar-refractivity contribution is 7.98. The molecule has 8 heteroatoms. The summed E-state index contributed by atoms with van der Waals surface area (Å²) in [6, 6.07) is 2.23. The van der Waals surface area contributed by atoms with Gasteiger partial charge in [0.05, 0.1) is 6.61 Å². The Morgan fingerprint density at radius 2 is 2.16 bits per heavy atom. The summed E-state index contributed by atoms with van der Waals surface area (Å²) in [5.41, 5.74) is -0.142. The molecule has 0 aliphatic heterocycles. The molecule has 0 aliphatic rings. The number of rotatable bonds is 7. The fourth-order valence-corrected chi connectivity index (χ4v) is 3.39. The summed E-state index contributed by atoms with van der Waals surface area (Å²) >= 11 is 7.31. The van der Waals surface area contributed by atoms with Gasteiger partial charge in [-0.3, -0.25) is 0 Å². The second-order valence-corrected chi connectivity index (χ2v) is 6.94. The fraction of sp³-hybridized carbons (Fsp3) is 0.455. The fourth-order valence-electron chi connectivity index (χ4n) is 1.43. The molecule has 108 valence electrons. The van der Waals surface area contributed by atoms with E-state index in [0.717, 1.165) is 11.8 Å². The average molecular weight is 328 g/mol. The van der Waals surface area contributed by atoms with Gasteiger partial charge in [-0.1, -0.05) is 11.6 Å². The van der Waals surface area contributed by atoms with Gasteiger partial charge in [0.2, 0.25) is 10.0 Å². The number of sulfonamides is 1. The molecule has 0 unspecified atom stereocenters. The molecule has 4 nitrogen and oxygen atoms in total. The highest BCUT2D eigenvalue weighted by Crippen LogP contribution is 2.23. The first kappa shape index (κ1) is 16.7. The molecular formula is C11H15ClFNO3S2. The molecule has 0 fully saturated rings. The number of aliphatic hydroxyl groups excluding tert-OH is 1. The quantitative estimate of drug-likeness (QED) is 0.752. The molecule has 0 saturated heterocycles. The highest BCUT2D eigenvalue weighted by Gasteiger charge is 2.21. The van der Waals surface area contributed by atoms with Crippen molar-refractivity contribution < 1.29 is 17.9 Å². The predicted molar refractivity (Wildman–Crippen MR) is 75.5 cm³/mol. The van der Waals surface area contributed by atoms with Crippen LogP contribution < -0.4 is 4.72 Å². The van der Waals surface area contributed by atoms with Crippen LogP contribution in [0.2, 0.25) is 5.02 Å². The third kappa shape index (κ3) is 4.61. The lowest BCUT2D eigenvalue weighted by atomic mass is 10.2. The number of aliphatic hydroxyl groups is 1. The van der Waals surface area contributed by atoms with Gasteiger partial charge in [0.1, 0.15) is 10.7 Å². The van der Waals surface area contributed by atoms with E-state index in [4.69, 9.17) is 16.7 Å². The molecule has 0 bridgehead atoms. The first-order valence-electron chi connectivity index (χ1n) is 5.49. The van der Waals surface area contributed by atoms with Gasteiger partial charge in [-0.2, -0.15) is 11.8 Å². The van der Waals surface area contributed by atoms with Crippen LogP contribution >= 0.6 is 23.4 Å². The molecule has 0 amide bonds. The van der Waals surface area contributed by atoms with Gasteiger partial charge in [-0.25, -0.2) is 17.5 Å². The number of nitrogens with one attached hydrogen (secondary N) is 1. The summed E-state index contributed by atoms with van der Waals surface area (Å²) in [7, 11) is -3.96. The Hall–Kier alpha value is -0.340. The van der Waals surface area contributed by atoms with Crippen molar-refractivity contribution in [3.05, 3.63) is 28.5 Å². The smallest absolute Gasteiger partial charge is 0.243 e. The minimum absolute atomic E-state index is 0.0648. The lowest BCUT2D eigenvalue weighted by Crippen LogP contribution is -2.26. The van der Waals surface area contributed by atoms with E-state index in [1.165, 1.54) is 6.07 Å². The SMILES string of the molecule is CSCCCNS(=O)(=O)c1cc(Cl)cc(CO)c1F. The van der Waals surface area contributed by atoms with E-state index in [1.807, 2.05) is 6.26 Å². The summed E-state index contributed by atoms with van der Waals surface area (Å²) in [5, 5.41) is 9.03. The zero-order chi connectivity index (χ0) is 14.5. The van der Waals surface area contributed by atoms with E-state index >= 15 is 0 Å². The highest BCUT2D eigenvalue weighted by atomic mass is 35.5. The third-order valence-corrected chi connectivity index (χ3v) is 4.73. The minimum atomic E-state index is -3.96. The zero-order valence-electron chi connectivity index (χ0n) is 10.3. The van der Waals surface area contributed by atoms with E-state index in [2.05, 4.69) is 4.72 Å². The Morgan fingerprint density at radius 3 is 2.74 bits per heavy atom. The zero-order valence-corrected chi connectivity index (χ0v) is 12.7. The van der Waals surface area contributed by atoms with Gasteiger partial charge in [0, 0.05) is 17.1 Å². The summed E-state index contributed by atoms with van der Waals surface area (Å²) in [5.74, 6) is -0.160. The lowest BCUT2D eigenvalue weighted by Gasteiger charge is -2.10. The Kier molecular flexibility index (Phi) is 6.55. The molecule has 1 aromatic carbocycles. The maximum Gasteiger partial charge on any atom is 0.243 e. The van der Waals surface area contributed by atoms with Gasteiger partial charge >= 0.3 is 0 Å². The van der Waals surface area contributed by atoms with Crippen LogP contribution in [0.3, 0.4) is 0 Å². The first-order valence-corrected chi connectivity index (χ1v) is 8.75. The van der Waals surface area contributed by atoms with Crippen molar-refractivity contribution in [1.82, 2.24) is 4.72 Å². The van der Waals surface area contributed by atoms with Crippen LogP contribution in [0.5, 0.6) is 0 Å².